The van der Waals surface area contributed by atoms with Gasteiger partial charge in [-0.3, -0.25) is 4.90 Å². The summed E-state index contributed by atoms with van der Waals surface area (Å²) in [5, 5.41) is 1.00. The van der Waals surface area contributed by atoms with Gasteiger partial charge in [0.2, 0.25) is 0 Å². The molecule has 1 saturated heterocycles. The van der Waals surface area contributed by atoms with Gasteiger partial charge in [0.05, 0.1) is 19.1 Å². The number of amides is 1. The molecule has 210 valence electrons. The van der Waals surface area contributed by atoms with Crippen molar-refractivity contribution in [2.75, 3.05) is 19.6 Å². The minimum absolute atomic E-state index is 0.00729. The second kappa shape index (κ2) is 9.77. The van der Waals surface area contributed by atoms with Crippen LogP contribution in [0.2, 0.25) is 0 Å². The number of likely N-dealkylation sites (tertiary alicyclic amines) is 1. The van der Waals surface area contributed by atoms with Gasteiger partial charge >= 0.3 is 6.09 Å². The molecule has 2 aromatic carbocycles. The van der Waals surface area contributed by atoms with E-state index in [1.807, 2.05) is 36.1 Å². The molecule has 0 aliphatic carbocycles. The number of nitrogens with zero attached hydrogens (tertiary/aromatic N) is 2. The maximum absolute atomic E-state index is 15.8. The summed E-state index contributed by atoms with van der Waals surface area (Å²) in [5.41, 5.74) is 0.217. The number of para-hydroxylation sites is 1. The van der Waals surface area contributed by atoms with Gasteiger partial charge in [0, 0.05) is 46.9 Å². The van der Waals surface area contributed by atoms with E-state index < -0.39 is 41.1 Å². The van der Waals surface area contributed by atoms with Crippen molar-refractivity contribution in [1.82, 2.24) is 14.8 Å². The number of halogens is 3. The fourth-order valence-electron chi connectivity index (χ4n) is 5.57. The molecular weight excluding hydrogens is 507 g/mol. The van der Waals surface area contributed by atoms with Gasteiger partial charge in [0.25, 0.3) is 0 Å². The van der Waals surface area contributed by atoms with Gasteiger partial charge in [-0.1, -0.05) is 18.2 Å². The van der Waals surface area contributed by atoms with Gasteiger partial charge < -0.3 is 19.4 Å². The first-order chi connectivity index (χ1) is 18.2. The monoisotopic (exact) mass is 543 g/mol. The molecule has 0 spiro atoms. The fraction of sp³-hybridized carbons (Fsp3) is 0.500. The zero-order valence-electron chi connectivity index (χ0n) is 23.3. The predicted molar refractivity (Wildman–Crippen MR) is 144 cm³/mol. The highest BCUT2D eigenvalue weighted by Gasteiger charge is 2.41. The Kier molecular flexibility index (Phi) is 6.85. The minimum atomic E-state index is -1.57. The molecule has 6 nitrogen and oxygen atoms in total. The summed E-state index contributed by atoms with van der Waals surface area (Å²) in [6.45, 7) is 10.8. The smallest absolute Gasteiger partial charge is 0.410 e. The second-order valence-corrected chi connectivity index (χ2v) is 12.3. The summed E-state index contributed by atoms with van der Waals surface area (Å²) in [5.74, 6) is -1.49. The van der Waals surface area contributed by atoms with Crippen LogP contribution in [-0.4, -0.2) is 63.9 Å². The first-order valence-electron chi connectivity index (χ1n) is 13.4. The number of rotatable bonds is 5. The summed E-state index contributed by atoms with van der Waals surface area (Å²) in [6, 6.07) is 9.12. The van der Waals surface area contributed by atoms with Crippen molar-refractivity contribution >= 4 is 17.0 Å². The van der Waals surface area contributed by atoms with Crippen molar-refractivity contribution in [3.8, 4) is 5.75 Å². The summed E-state index contributed by atoms with van der Waals surface area (Å²) >= 11 is 0. The molecule has 0 radical (unpaired) electrons. The van der Waals surface area contributed by atoms with Crippen LogP contribution in [0.1, 0.15) is 64.4 Å². The number of carbonyl (C=O) groups is 1. The molecule has 1 unspecified atom stereocenters. The number of hydrogen-bond acceptors (Lipinski definition) is 4. The number of nitrogens with one attached hydrogen (secondary N) is 1. The predicted octanol–water partition coefficient (Wildman–Crippen LogP) is 6.53. The molecule has 39 heavy (non-hydrogen) atoms. The third-order valence-corrected chi connectivity index (χ3v) is 7.20. The SMILES string of the molecule is CC1Cc2c([nH]c3ccccc23)[C@@H](c2c(F)cc(OC3CN(C(=O)OC(C)(C)C)C3)cc2F)N1CC(C)(C)F. The summed E-state index contributed by atoms with van der Waals surface area (Å²) in [6.07, 6.45) is -0.223. The first-order valence-corrected chi connectivity index (χ1v) is 13.4. The molecule has 9 heteroatoms. The Morgan fingerprint density at radius 3 is 2.33 bits per heavy atom. The first kappa shape index (κ1) is 27.4. The van der Waals surface area contributed by atoms with E-state index in [1.54, 1.807) is 20.8 Å². The largest absolute Gasteiger partial charge is 0.487 e. The lowest BCUT2D eigenvalue weighted by Gasteiger charge is -2.43. The average molecular weight is 544 g/mol. The van der Waals surface area contributed by atoms with Crippen LogP contribution in [0.5, 0.6) is 5.75 Å². The van der Waals surface area contributed by atoms with E-state index in [1.165, 1.54) is 30.9 Å². The number of benzene rings is 2. The van der Waals surface area contributed by atoms with Gasteiger partial charge in [-0.2, -0.15) is 0 Å². The van der Waals surface area contributed by atoms with Crippen LogP contribution in [0.15, 0.2) is 36.4 Å². The molecule has 0 saturated carbocycles. The number of aromatic amines is 1. The lowest BCUT2D eigenvalue weighted by Crippen LogP contribution is -2.57. The van der Waals surface area contributed by atoms with Gasteiger partial charge in [-0.25, -0.2) is 18.0 Å². The molecule has 1 N–H and O–H groups in total. The molecule has 1 amide bonds. The second-order valence-electron chi connectivity index (χ2n) is 12.3. The van der Waals surface area contributed by atoms with Gasteiger partial charge in [-0.05, 0) is 59.6 Å². The van der Waals surface area contributed by atoms with Crippen LogP contribution in [-0.2, 0) is 11.2 Å². The fourth-order valence-corrected chi connectivity index (χ4v) is 5.57. The highest BCUT2D eigenvalue weighted by Crippen LogP contribution is 2.44. The maximum atomic E-state index is 15.8. The Bertz CT molecular complexity index is 1360. The lowest BCUT2D eigenvalue weighted by atomic mass is 9.87. The molecule has 0 bridgehead atoms. The van der Waals surface area contributed by atoms with Crippen molar-refractivity contribution in [2.45, 2.75) is 77.4 Å². The molecule has 2 aliphatic heterocycles. The zero-order valence-corrected chi connectivity index (χ0v) is 23.3. The Hall–Kier alpha value is -3.20. The molecule has 2 atom stereocenters. The Balaban J connectivity index is 1.44. The van der Waals surface area contributed by atoms with Crippen LogP contribution in [0, 0.1) is 11.6 Å². The Morgan fingerprint density at radius 1 is 1.08 bits per heavy atom. The zero-order chi connectivity index (χ0) is 28.3. The van der Waals surface area contributed by atoms with E-state index in [0.29, 0.717) is 12.1 Å². The van der Waals surface area contributed by atoms with E-state index in [-0.39, 0.29) is 37.0 Å². The molecular formula is C30H36F3N3O3. The van der Waals surface area contributed by atoms with Crippen molar-refractivity contribution in [2.24, 2.45) is 0 Å². The van der Waals surface area contributed by atoms with Crippen LogP contribution < -0.4 is 4.74 Å². The Morgan fingerprint density at radius 2 is 1.72 bits per heavy atom. The van der Waals surface area contributed by atoms with Crippen LogP contribution in [0.4, 0.5) is 18.0 Å². The number of ether oxygens (including phenoxy) is 2. The highest BCUT2D eigenvalue weighted by molar-refractivity contribution is 5.85. The van der Waals surface area contributed by atoms with E-state index in [0.717, 1.165) is 16.5 Å². The topological polar surface area (TPSA) is 57.8 Å². The summed E-state index contributed by atoms with van der Waals surface area (Å²) in [7, 11) is 0. The Labute approximate surface area is 227 Å². The average Bonchev–Trinajstić information content (AvgIpc) is 3.13. The van der Waals surface area contributed by atoms with Gasteiger partial charge in [-0.15, -0.1) is 0 Å². The van der Waals surface area contributed by atoms with Crippen molar-refractivity contribution in [1.29, 1.82) is 0 Å². The highest BCUT2D eigenvalue weighted by atomic mass is 19.1. The quantitative estimate of drug-likeness (QED) is 0.398. The molecule has 5 rings (SSSR count). The molecule has 2 aliphatic rings. The summed E-state index contributed by atoms with van der Waals surface area (Å²) < 4.78 is 57.7. The van der Waals surface area contributed by atoms with E-state index in [2.05, 4.69) is 4.98 Å². The molecule has 1 fully saturated rings. The van der Waals surface area contributed by atoms with Crippen molar-refractivity contribution in [3.63, 3.8) is 0 Å². The number of hydrogen-bond donors (Lipinski definition) is 1. The number of carbonyl (C=O) groups excluding carboxylic acids is 1. The van der Waals surface area contributed by atoms with Crippen LogP contribution >= 0.6 is 0 Å². The maximum Gasteiger partial charge on any atom is 0.410 e. The van der Waals surface area contributed by atoms with Gasteiger partial charge in [0.1, 0.15) is 34.8 Å². The standard InChI is InChI=1S/C30H36F3N3O3/c1-17-11-21-20-9-7-8-10-24(20)34-26(21)27(36(17)16-30(5,6)33)25-22(31)12-18(13-23(25)32)38-19-14-35(15-19)28(37)39-29(2,3)4/h7-10,12-13,17,19,27,34H,11,14-16H2,1-6H3/t17?,27-/m1/s1. The minimum Gasteiger partial charge on any atom is -0.487 e. The summed E-state index contributed by atoms with van der Waals surface area (Å²) in [4.78, 5) is 18.9. The van der Waals surface area contributed by atoms with E-state index in [9.17, 15) is 9.18 Å². The lowest BCUT2D eigenvalue weighted by molar-refractivity contribution is -0.0223. The van der Waals surface area contributed by atoms with E-state index >= 15 is 8.78 Å². The van der Waals surface area contributed by atoms with Crippen molar-refractivity contribution < 1.29 is 27.4 Å². The van der Waals surface area contributed by atoms with Crippen molar-refractivity contribution in [3.05, 3.63) is 64.9 Å². The number of H-pyrrole nitrogens is 1. The van der Waals surface area contributed by atoms with Crippen LogP contribution in [0.25, 0.3) is 10.9 Å². The molecule has 3 heterocycles. The van der Waals surface area contributed by atoms with Crippen LogP contribution in [0.3, 0.4) is 0 Å². The van der Waals surface area contributed by atoms with E-state index in [4.69, 9.17) is 9.47 Å². The third-order valence-electron chi connectivity index (χ3n) is 7.20. The molecule has 1 aromatic heterocycles. The molecule has 3 aromatic rings. The normalized spacial score (nSPS) is 20.6. The van der Waals surface area contributed by atoms with Gasteiger partial charge in [0.15, 0.2) is 0 Å². The number of fused-ring (bicyclic) bond motifs is 3. The number of aromatic nitrogens is 1. The number of alkyl halides is 1. The third kappa shape index (κ3) is 5.60.